The van der Waals surface area contributed by atoms with Gasteiger partial charge < -0.3 is 4.42 Å². The van der Waals surface area contributed by atoms with E-state index >= 15 is 0 Å². The minimum Gasteiger partial charge on any atom is -0.400 e. The smallest absolute Gasteiger partial charge is 0.400 e. The van der Waals surface area contributed by atoms with Gasteiger partial charge in [-0.05, 0) is 42.5 Å². The van der Waals surface area contributed by atoms with Gasteiger partial charge in [0.25, 0.3) is 5.91 Å². The lowest BCUT2D eigenvalue weighted by Gasteiger charge is -2.13. The van der Waals surface area contributed by atoms with E-state index in [0.29, 0.717) is 15.8 Å². The molecule has 158 valence electrons. The van der Waals surface area contributed by atoms with Crippen molar-refractivity contribution >= 4 is 66.2 Å². The molecule has 0 radical (unpaired) electrons. The molecule has 0 unspecified atom stereocenters. The number of hydrazone groups is 1. The summed E-state index contributed by atoms with van der Waals surface area (Å²) in [5.74, 6) is -1.28. The molecule has 0 atom stereocenters. The first kappa shape index (κ1) is 19.9. The normalized spacial score (nSPS) is 11.5. The van der Waals surface area contributed by atoms with Crippen LogP contribution in [0.2, 0.25) is 0 Å². The highest BCUT2D eigenvalue weighted by atomic mass is 32.1. The third-order valence-electron chi connectivity index (χ3n) is 4.38. The van der Waals surface area contributed by atoms with E-state index in [-0.39, 0.29) is 10.9 Å². The number of thiazole rings is 2. The first-order chi connectivity index (χ1) is 15.5. The van der Waals surface area contributed by atoms with Crippen molar-refractivity contribution in [2.75, 3.05) is 5.01 Å². The topological polar surface area (TPSA) is 115 Å². The Labute approximate surface area is 186 Å². The van der Waals surface area contributed by atoms with Gasteiger partial charge in [0.1, 0.15) is 10.7 Å². The summed E-state index contributed by atoms with van der Waals surface area (Å²) in [5.41, 5.74) is 3.29. The van der Waals surface area contributed by atoms with Crippen LogP contribution in [-0.4, -0.2) is 27.0 Å². The van der Waals surface area contributed by atoms with Gasteiger partial charge in [-0.15, -0.1) is 11.3 Å². The van der Waals surface area contributed by atoms with Crippen molar-refractivity contribution in [2.24, 2.45) is 5.10 Å². The second kappa shape index (κ2) is 7.90. The Morgan fingerprint density at radius 1 is 1.16 bits per heavy atom. The van der Waals surface area contributed by atoms with E-state index in [1.807, 2.05) is 0 Å². The number of nitro groups is 1. The predicted octanol–water partition coefficient (Wildman–Crippen LogP) is 5.23. The summed E-state index contributed by atoms with van der Waals surface area (Å²) in [6.45, 7) is 0. The van der Waals surface area contributed by atoms with E-state index in [0.717, 1.165) is 26.6 Å². The van der Waals surface area contributed by atoms with E-state index < -0.39 is 22.5 Å². The van der Waals surface area contributed by atoms with Crippen LogP contribution in [0.4, 0.5) is 15.4 Å². The van der Waals surface area contributed by atoms with E-state index in [1.165, 1.54) is 47.9 Å². The van der Waals surface area contributed by atoms with E-state index in [2.05, 4.69) is 15.1 Å². The van der Waals surface area contributed by atoms with Gasteiger partial charge in [0, 0.05) is 5.56 Å². The number of carbonyl (C=O) groups excluding carboxylic acids is 1. The highest BCUT2D eigenvalue weighted by Gasteiger charge is 2.22. The number of anilines is 1. The van der Waals surface area contributed by atoms with Gasteiger partial charge in [0.2, 0.25) is 5.13 Å². The highest BCUT2D eigenvalue weighted by molar-refractivity contribution is 7.22. The van der Waals surface area contributed by atoms with Crippen molar-refractivity contribution in [2.45, 2.75) is 0 Å². The number of amides is 1. The van der Waals surface area contributed by atoms with Crippen molar-refractivity contribution in [3.63, 3.8) is 0 Å². The zero-order valence-corrected chi connectivity index (χ0v) is 17.5. The maximum Gasteiger partial charge on any atom is 0.433 e. The monoisotopic (exact) mass is 467 g/mol. The number of aromatic nitrogens is 2. The summed E-state index contributed by atoms with van der Waals surface area (Å²) in [6, 6.07) is 11.7. The maximum atomic E-state index is 13.6. The molecule has 0 N–H and O–H groups in total. The van der Waals surface area contributed by atoms with Gasteiger partial charge in [0.15, 0.2) is 5.76 Å². The van der Waals surface area contributed by atoms with Crippen molar-refractivity contribution in [1.29, 1.82) is 0 Å². The number of halogens is 1. The lowest BCUT2D eigenvalue weighted by atomic mass is 10.2. The third-order valence-corrected chi connectivity index (χ3v) is 6.17. The molecule has 12 heteroatoms. The highest BCUT2D eigenvalue weighted by Crippen LogP contribution is 2.31. The first-order valence-electron chi connectivity index (χ1n) is 9.00. The molecule has 0 aliphatic rings. The molecule has 5 aromatic rings. The lowest BCUT2D eigenvalue weighted by molar-refractivity contribution is -0.402. The largest absolute Gasteiger partial charge is 0.433 e. The number of nitrogens with zero attached hydrogens (tertiary/aromatic N) is 5. The Hall–Kier alpha value is -4.03. The zero-order chi connectivity index (χ0) is 22.2. The SMILES string of the molecule is O=C(c1ccc2ncsc2c1)N(/N=C/c1ccc([N+](=O)[O-])o1)c1nc2ccc(F)cc2s1. The lowest BCUT2D eigenvalue weighted by Crippen LogP contribution is -2.25. The fourth-order valence-electron chi connectivity index (χ4n) is 2.90. The van der Waals surface area contributed by atoms with Crippen LogP contribution in [0.25, 0.3) is 20.4 Å². The molecule has 9 nitrogen and oxygen atoms in total. The van der Waals surface area contributed by atoms with Crippen molar-refractivity contribution in [3.8, 4) is 0 Å². The van der Waals surface area contributed by atoms with E-state index in [1.54, 1.807) is 23.7 Å². The number of carbonyl (C=O) groups is 1. The molecule has 0 saturated heterocycles. The van der Waals surface area contributed by atoms with E-state index in [9.17, 15) is 19.3 Å². The molecule has 0 saturated carbocycles. The van der Waals surface area contributed by atoms with Crippen molar-refractivity contribution in [1.82, 2.24) is 9.97 Å². The number of furan rings is 1. The molecule has 0 bridgehead atoms. The van der Waals surface area contributed by atoms with Crippen LogP contribution >= 0.6 is 22.7 Å². The van der Waals surface area contributed by atoms with Gasteiger partial charge in [-0.1, -0.05) is 11.3 Å². The summed E-state index contributed by atoms with van der Waals surface area (Å²) >= 11 is 2.48. The molecule has 32 heavy (non-hydrogen) atoms. The fraction of sp³-hybridized carbons (Fsp3) is 0. The van der Waals surface area contributed by atoms with Gasteiger partial charge in [0.05, 0.1) is 38.2 Å². The summed E-state index contributed by atoms with van der Waals surface area (Å²) in [5, 5.41) is 16.3. The van der Waals surface area contributed by atoms with Crippen molar-refractivity contribution in [3.05, 3.63) is 81.3 Å². The van der Waals surface area contributed by atoms with Crippen LogP contribution in [0.15, 0.2) is 63.6 Å². The summed E-state index contributed by atoms with van der Waals surface area (Å²) < 4.78 is 20.1. The summed E-state index contributed by atoms with van der Waals surface area (Å²) in [4.78, 5) is 32.1. The maximum absolute atomic E-state index is 13.6. The zero-order valence-electron chi connectivity index (χ0n) is 15.8. The fourth-order valence-corrected chi connectivity index (χ4v) is 4.56. The molecular formula is C20H10FN5O4S2. The third kappa shape index (κ3) is 3.72. The minimum absolute atomic E-state index is 0.0829. The minimum atomic E-state index is -0.674. The van der Waals surface area contributed by atoms with Crippen LogP contribution in [0.3, 0.4) is 0 Å². The van der Waals surface area contributed by atoms with Gasteiger partial charge >= 0.3 is 5.88 Å². The number of benzene rings is 2. The van der Waals surface area contributed by atoms with Gasteiger partial charge in [-0.2, -0.15) is 10.1 Å². The Morgan fingerprint density at radius 3 is 2.81 bits per heavy atom. The molecule has 3 aromatic heterocycles. The van der Waals surface area contributed by atoms with E-state index in [4.69, 9.17) is 4.42 Å². The second-order valence-corrected chi connectivity index (χ2v) is 8.33. The molecule has 3 heterocycles. The molecule has 0 aliphatic heterocycles. The van der Waals surface area contributed by atoms with Crippen LogP contribution in [0.5, 0.6) is 0 Å². The molecule has 1 amide bonds. The Kier molecular flexibility index (Phi) is 4.92. The Balaban J connectivity index is 1.56. The average molecular weight is 467 g/mol. The molecule has 5 rings (SSSR count). The molecule has 0 aliphatic carbocycles. The van der Waals surface area contributed by atoms with Crippen molar-refractivity contribution < 1.29 is 18.5 Å². The molecule has 0 fully saturated rings. The van der Waals surface area contributed by atoms with Crippen LogP contribution in [0.1, 0.15) is 16.1 Å². The second-order valence-electron chi connectivity index (χ2n) is 6.44. The molecule has 0 spiro atoms. The Bertz CT molecular complexity index is 1520. The summed E-state index contributed by atoms with van der Waals surface area (Å²) in [6.07, 6.45) is 1.18. The van der Waals surface area contributed by atoms with Gasteiger partial charge in [-0.25, -0.2) is 14.4 Å². The van der Waals surface area contributed by atoms with Gasteiger partial charge in [-0.3, -0.25) is 14.9 Å². The number of rotatable bonds is 5. The number of fused-ring (bicyclic) bond motifs is 2. The van der Waals surface area contributed by atoms with Crippen LogP contribution in [0, 0.1) is 15.9 Å². The van der Waals surface area contributed by atoms with Crippen LogP contribution < -0.4 is 5.01 Å². The number of hydrogen-bond donors (Lipinski definition) is 0. The summed E-state index contributed by atoms with van der Waals surface area (Å²) in [7, 11) is 0. The number of hydrogen-bond acceptors (Lipinski definition) is 9. The molecule has 2 aromatic carbocycles. The quantitative estimate of drug-likeness (QED) is 0.199. The Morgan fingerprint density at radius 2 is 2.00 bits per heavy atom. The average Bonchev–Trinajstić information content (AvgIpc) is 3.52. The van der Waals surface area contributed by atoms with Crippen LogP contribution in [-0.2, 0) is 0 Å². The predicted molar refractivity (Wildman–Crippen MR) is 119 cm³/mol. The first-order valence-corrected chi connectivity index (χ1v) is 10.7. The molecular weight excluding hydrogens is 457 g/mol. The standard InChI is InChI=1S/C20H10FN5O4S2/c21-12-2-5-15-17(8-12)32-20(24-15)25(23-9-13-3-6-18(30-13)26(28)29)19(27)11-1-4-14-16(7-11)31-10-22-14/h1-10H/b23-9+.